The molecule has 0 aliphatic carbocycles. The van der Waals surface area contributed by atoms with Crippen LogP contribution in [0.4, 0.5) is 0 Å². The van der Waals surface area contributed by atoms with Crippen LogP contribution in [-0.4, -0.2) is 23.5 Å². The number of nitrogens with zero attached hydrogens (tertiary/aromatic N) is 1. The van der Waals surface area contributed by atoms with Gasteiger partial charge >= 0.3 is 0 Å². The molecule has 0 atom stereocenters. The molecule has 6 heteroatoms. The van der Waals surface area contributed by atoms with E-state index in [2.05, 4.69) is 26.4 Å². The van der Waals surface area contributed by atoms with Crippen molar-refractivity contribution in [3.8, 4) is 0 Å². The molecule has 1 aromatic rings. The summed E-state index contributed by atoms with van der Waals surface area (Å²) in [7, 11) is 0. The molecule has 1 aromatic carbocycles. The first-order valence-electron chi connectivity index (χ1n) is 5.79. The van der Waals surface area contributed by atoms with Crippen LogP contribution in [0.5, 0.6) is 0 Å². The standard InChI is InChI=1S/C13H18BrN3O2/c1-8-4-9(6-10(14)5-8)11(18)16-7-13(2,3)12(15)17-19/h4-6,19H,7H2,1-3H3,(H2,15,17)(H,16,18). The van der Waals surface area contributed by atoms with E-state index in [0.717, 1.165) is 10.0 Å². The van der Waals surface area contributed by atoms with Gasteiger partial charge in [-0.3, -0.25) is 4.79 Å². The van der Waals surface area contributed by atoms with Gasteiger partial charge in [-0.25, -0.2) is 0 Å². The Morgan fingerprint density at radius 1 is 1.47 bits per heavy atom. The first-order chi connectivity index (χ1) is 8.76. The second kappa shape index (κ2) is 6.06. The van der Waals surface area contributed by atoms with E-state index in [1.54, 1.807) is 26.0 Å². The number of aryl methyl sites for hydroxylation is 1. The molecule has 0 radical (unpaired) electrons. The molecule has 1 rings (SSSR count). The Labute approximate surface area is 121 Å². The molecule has 0 saturated heterocycles. The van der Waals surface area contributed by atoms with Gasteiger partial charge in [-0.2, -0.15) is 0 Å². The summed E-state index contributed by atoms with van der Waals surface area (Å²) in [6.45, 7) is 5.78. The molecule has 0 aliphatic heterocycles. The molecule has 0 fully saturated rings. The molecule has 0 unspecified atom stereocenters. The van der Waals surface area contributed by atoms with Crippen LogP contribution in [0.15, 0.2) is 27.8 Å². The third-order valence-electron chi connectivity index (χ3n) is 2.80. The van der Waals surface area contributed by atoms with E-state index in [1.807, 2.05) is 13.0 Å². The summed E-state index contributed by atoms with van der Waals surface area (Å²) in [5.74, 6) is -0.110. The lowest BCUT2D eigenvalue weighted by atomic mass is 9.92. The minimum absolute atomic E-state index is 0.0817. The average molecular weight is 328 g/mol. The summed E-state index contributed by atoms with van der Waals surface area (Å²) < 4.78 is 0.855. The maximum atomic E-state index is 12.0. The second-order valence-corrected chi connectivity index (χ2v) is 5.98. The van der Waals surface area contributed by atoms with E-state index in [1.165, 1.54) is 0 Å². The van der Waals surface area contributed by atoms with Crippen LogP contribution in [0, 0.1) is 12.3 Å². The van der Waals surface area contributed by atoms with Gasteiger partial charge < -0.3 is 16.3 Å². The Balaban J connectivity index is 2.76. The first kappa shape index (κ1) is 15.5. The molecule has 5 nitrogen and oxygen atoms in total. The molecule has 1 amide bonds. The predicted molar refractivity (Wildman–Crippen MR) is 78.4 cm³/mol. The largest absolute Gasteiger partial charge is 0.409 e. The van der Waals surface area contributed by atoms with Crippen LogP contribution >= 0.6 is 15.9 Å². The fraction of sp³-hybridized carbons (Fsp3) is 0.385. The van der Waals surface area contributed by atoms with Gasteiger partial charge in [-0.05, 0) is 30.7 Å². The van der Waals surface area contributed by atoms with Crippen molar-refractivity contribution in [1.82, 2.24) is 5.32 Å². The summed E-state index contributed by atoms with van der Waals surface area (Å²) >= 11 is 3.35. The number of carbonyl (C=O) groups is 1. The van der Waals surface area contributed by atoms with Crippen molar-refractivity contribution >= 4 is 27.7 Å². The quantitative estimate of drug-likeness (QED) is 0.343. The summed E-state index contributed by atoms with van der Waals surface area (Å²) in [6, 6.07) is 5.48. The molecule has 0 spiro atoms. The third-order valence-corrected chi connectivity index (χ3v) is 3.25. The molecule has 0 bridgehead atoms. The zero-order valence-electron chi connectivity index (χ0n) is 11.2. The van der Waals surface area contributed by atoms with Gasteiger partial charge in [0.25, 0.3) is 5.91 Å². The third kappa shape index (κ3) is 4.24. The topological polar surface area (TPSA) is 87.7 Å². The number of rotatable bonds is 4. The zero-order chi connectivity index (χ0) is 14.6. The van der Waals surface area contributed by atoms with Gasteiger partial charge in [-0.15, -0.1) is 0 Å². The van der Waals surface area contributed by atoms with E-state index in [9.17, 15) is 4.79 Å². The molecule has 0 heterocycles. The van der Waals surface area contributed by atoms with Gasteiger partial charge in [0.05, 0.1) is 0 Å². The molecule has 0 aromatic heterocycles. The van der Waals surface area contributed by atoms with Crippen LogP contribution in [0.2, 0.25) is 0 Å². The lowest BCUT2D eigenvalue weighted by molar-refractivity contribution is 0.0944. The molecule has 4 N–H and O–H groups in total. The van der Waals surface area contributed by atoms with E-state index in [0.29, 0.717) is 5.56 Å². The smallest absolute Gasteiger partial charge is 0.251 e. The van der Waals surface area contributed by atoms with Crippen molar-refractivity contribution < 1.29 is 10.0 Å². The Hall–Kier alpha value is -1.56. The van der Waals surface area contributed by atoms with E-state index >= 15 is 0 Å². The number of benzene rings is 1. The summed E-state index contributed by atoms with van der Waals surface area (Å²) in [4.78, 5) is 12.0. The van der Waals surface area contributed by atoms with Crippen LogP contribution in [0.3, 0.4) is 0 Å². The highest BCUT2D eigenvalue weighted by molar-refractivity contribution is 9.10. The highest BCUT2D eigenvalue weighted by Crippen LogP contribution is 2.17. The van der Waals surface area contributed by atoms with E-state index < -0.39 is 5.41 Å². The Kier molecular flexibility index (Phi) is 4.94. The molecular weight excluding hydrogens is 310 g/mol. The Morgan fingerprint density at radius 2 is 2.11 bits per heavy atom. The number of carbonyl (C=O) groups excluding carboxylic acids is 1. The van der Waals surface area contributed by atoms with Gasteiger partial charge in [0.2, 0.25) is 0 Å². The lowest BCUT2D eigenvalue weighted by Crippen LogP contribution is -2.42. The number of hydrogen-bond donors (Lipinski definition) is 3. The van der Waals surface area contributed by atoms with Gasteiger partial charge in [0.1, 0.15) is 5.84 Å². The lowest BCUT2D eigenvalue weighted by Gasteiger charge is -2.23. The fourth-order valence-corrected chi connectivity index (χ4v) is 2.10. The van der Waals surface area contributed by atoms with Crippen molar-refractivity contribution in [1.29, 1.82) is 0 Å². The minimum atomic E-state index is -0.606. The summed E-state index contributed by atoms with van der Waals surface area (Å²) in [5, 5.41) is 14.4. The van der Waals surface area contributed by atoms with Gasteiger partial charge in [0, 0.05) is 22.0 Å². The van der Waals surface area contributed by atoms with Crippen molar-refractivity contribution in [2.45, 2.75) is 20.8 Å². The normalized spacial score (nSPS) is 12.3. The zero-order valence-corrected chi connectivity index (χ0v) is 12.8. The molecular formula is C13H18BrN3O2. The Bertz CT molecular complexity index is 492. The SMILES string of the molecule is Cc1cc(Br)cc(C(=O)NCC(C)(C)/C(N)=N/O)c1. The van der Waals surface area contributed by atoms with Crippen LogP contribution in [0.25, 0.3) is 0 Å². The van der Waals surface area contributed by atoms with Crippen molar-refractivity contribution in [2.75, 3.05) is 6.54 Å². The van der Waals surface area contributed by atoms with Gasteiger partial charge in [-0.1, -0.05) is 34.9 Å². The van der Waals surface area contributed by atoms with E-state index in [4.69, 9.17) is 10.9 Å². The Morgan fingerprint density at radius 3 is 2.63 bits per heavy atom. The number of amides is 1. The molecule has 19 heavy (non-hydrogen) atoms. The monoisotopic (exact) mass is 327 g/mol. The number of oxime groups is 1. The summed E-state index contributed by atoms with van der Waals surface area (Å²) in [6.07, 6.45) is 0. The highest BCUT2D eigenvalue weighted by Gasteiger charge is 2.24. The molecule has 0 aliphatic rings. The first-order valence-corrected chi connectivity index (χ1v) is 6.59. The second-order valence-electron chi connectivity index (χ2n) is 5.07. The maximum absolute atomic E-state index is 12.0. The fourth-order valence-electron chi connectivity index (χ4n) is 1.50. The average Bonchev–Trinajstić information content (AvgIpc) is 2.33. The number of amidine groups is 1. The predicted octanol–water partition coefficient (Wildman–Crippen LogP) is 2.26. The molecule has 104 valence electrons. The van der Waals surface area contributed by atoms with E-state index in [-0.39, 0.29) is 18.3 Å². The maximum Gasteiger partial charge on any atom is 0.251 e. The van der Waals surface area contributed by atoms with Crippen LogP contribution in [0.1, 0.15) is 29.8 Å². The minimum Gasteiger partial charge on any atom is -0.409 e. The van der Waals surface area contributed by atoms with Crippen LogP contribution in [-0.2, 0) is 0 Å². The summed E-state index contributed by atoms with van der Waals surface area (Å²) in [5.41, 5.74) is 6.53. The number of halogens is 1. The van der Waals surface area contributed by atoms with Crippen LogP contribution < -0.4 is 11.1 Å². The van der Waals surface area contributed by atoms with Crippen molar-refractivity contribution in [2.24, 2.45) is 16.3 Å². The molecule has 0 saturated carbocycles. The number of hydrogen-bond acceptors (Lipinski definition) is 3. The van der Waals surface area contributed by atoms with Crippen molar-refractivity contribution in [3.05, 3.63) is 33.8 Å². The number of nitrogens with two attached hydrogens (primary N) is 1. The number of nitrogens with one attached hydrogen (secondary N) is 1. The highest BCUT2D eigenvalue weighted by atomic mass is 79.9. The van der Waals surface area contributed by atoms with Gasteiger partial charge in [0.15, 0.2) is 0 Å². The van der Waals surface area contributed by atoms with Crippen molar-refractivity contribution in [3.63, 3.8) is 0 Å².